The molecule has 0 saturated carbocycles. The molecule has 2 aromatic rings. The lowest BCUT2D eigenvalue weighted by molar-refractivity contribution is 0.624. The van der Waals surface area contributed by atoms with E-state index in [1.807, 2.05) is 6.92 Å². The zero-order valence-electron chi connectivity index (χ0n) is 7.81. The first-order valence-electron chi connectivity index (χ1n) is 4.47. The summed E-state index contributed by atoms with van der Waals surface area (Å²) in [6.45, 7) is 2.01. The van der Waals surface area contributed by atoms with Gasteiger partial charge in [-0.05, 0) is 24.6 Å². The fourth-order valence-electron chi connectivity index (χ4n) is 1.32. The summed E-state index contributed by atoms with van der Waals surface area (Å²) in [6, 6.07) is 6.31. The summed E-state index contributed by atoms with van der Waals surface area (Å²) in [5, 5.41) is 7.69. The van der Waals surface area contributed by atoms with Crippen LogP contribution in [-0.4, -0.2) is 15.0 Å². The lowest BCUT2D eigenvalue weighted by atomic mass is 10.3. The number of benzene rings is 1. The molecule has 0 aliphatic carbocycles. The molecule has 0 bridgehead atoms. The second kappa shape index (κ2) is 3.57. The Balaban J connectivity index is 2.49. The van der Waals surface area contributed by atoms with Crippen LogP contribution in [0.3, 0.4) is 0 Å². The molecular weight excluding hydrogens is 181 g/mol. The molecule has 1 aromatic heterocycles. The van der Waals surface area contributed by atoms with Crippen molar-refractivity contribution in [2.75, 3.05) is 0 Å². The Morgan fingerprint density at radius 2 is 2.29 bits per heavy atom. The molecule has 0 unspecified atom stereocenters. The van der Waals surface area contributed by atoms with Crippen molar-refractivity contribution in [3.8, 4) is 5.69 Å². The fourth-order valence-corrected chi connectivity index (χ4v) is 1.32. The monoisotopic (exact) mass is 191 g/mol. The van der Waals surface area contributed by atoms with Crippen LogP contribution in [0.1, 0.15) is 12.6 Å². The molecule has 4 heteroatoms. The van der Waals surface area contributed by atoms with Crippen LogP contribution < -0.4 is 0 Å². The van der Waals surface area contributed by atoms with Crippen LogP contribution in [0.2, 0.25) is 0 Å². The minimum Gasteiger partial charge on any atom is -0.218 e. The molecule has 0 aliphatic heterocycles. The summed E-state index contributed by atoms with van der Waals surface area (Å²) in [6.07, 6.45) is 2.51. The molecule has 3 nitrogen and oxygen atoms in total. The van der Waals surface area contributed by atoms with Gasteiger partial charge in [0.15, 0.2) is 0 Å². The average Bonchev–Trinajstić information content (AvgIpc) is 2.65. The summed E-state index contributed by atoms with van der Waals surface area (Å²) < 4.78 is 14.6. The van der Waals surface area contributed by atoms with E-state index in [9.17, 15) is 4.39 Å². The van der Waals surface area contributed by atoms with E-state index in [4.69, 9.17) is 0 Å². The van der Waals surface area contributed by atoms with Gasteiger partial charge in [0.05, 0.1) is 17.6 Å². The zero-order chi connectivity index (χ0) is 9.97. The first-order valence-corrected chi connectivity index (χ1v) is 4.47. The van der Waals surface area contributed by atoms with E-state index in [2.05, 4.69) is 10.3 Å². The Labute approximate surface area is 81.2 Å². The molecule has 0 radical (unpaired) electrons. The van der Waals surface area contributed by atoms with Crippen molar-refractivity contribution in [1.82, 2.24) is 15.0 Å². The van der Waals surface area contributed by atoms with Gasteiger partial charge in [-0.3, -0.25) is 0 Å². The number of aromatic nitrogens is 3. The number of aryl methyl sites for hydroxylation is 1. The standard InChI is InChI=1S/C10H10FN3/c1-2-9-7-12-13-14(9)10-5-3-4-8(11)6-10/h3-7H,2H2,1H3. The van der Waals surface area contributed by atoms with Crippen molar-refractivity contribution < 1.29 is 4.39 Å². The lowest BCUT2D eigenvalue weighted by Gasteiger charge is -2.03. The normalized spacial score (nSPS) is 10.4. The highest BCUT2D eigenvalue weighted by Gasteiger charge is 2.04. The third kappa shape index (κ3) is 1.51. The van der Waals surface area contributed by atoms with Gasteiger partial charge < -0.3 is 0 Å². The molecule has 1 heterocycles. The molecule has 2 rings (SSSR count). The summed E-state index contributed by atoms with van der Waals surface area (Å²) >= 11 is 0. The Morgan fingerprint density at radius 3 is 3.00 bits per heavy atom. The molecule has 0 saturated heterocycles. The van der Waals surface area contributed by atoms with Crippen LogP contribution >= 0.6 is 0 Å². The number of hydrogen-bond acceptors (Lipinski definition) is 2. The van der Waals surface area contributed by atoms with Gasteiger partial charge in [-0.25, -0.2) is 9.07 Å². The molecule has 0 N–H and O–H groups in total. The predicted molar refractivity (Wildman–Crippen MR) is 50.7 cm³/mol. The Hall–Kier alpha value is -1.71. The largest absolute Gasteiger partial charge is 0.218 e. The van der Waals surface area contributed by atoms with Crippen molar-refractivity contribution in [2.45, 2.75) is 13.3 Å². The Bertz CT molecular complexity index is 436. The minimum atomic E-state index is -0.264. The van der Waals surface area contributed by atoms with Gasteiger partial charge in [0.1, 0.15) is 5.82 Å². The third-order valence-corrected chi connectivity index (χ3v) is 2.03. The van der Waals surface area contributed by atoms with E-state index in [1.54, 1.807) is 23.0 Å². The van der Waals surface area contributed by atoms with Gasteiger partial charge in [-0.2, -0.15) is 0 Å². The summed E-state index contributed by atoms with van der Waals surface area (Å²) in [4.78, 5) is 0. The topological polar surface area (TPSA) is 30.7 Å². The van der Waals surface area contributed by atoms with E-state index in [0.717, 1.165) is 12.1 Å². The van der Waals surface area contributed by atoms with Crippen LogP contribution in [0.5, 0.6) is 0 Å². The van der Waals surface area contributed by atoms with E-state index < -0.39 is 0 Å². The lowest BCUT2D eigenvalue weighted by Crippen LogP contribution is -2.01. The van der Waals surface area contributed by atoms with E-state index in [1.165, 1.54) is 12.1 Å². The van der Waals surface area contributed by atoms with Gasteiger partial charge in [-0.15, -0.1) is 5.10 Å². The number of halogens is 1. The quantitative estimate of drug-likeness (QED) is 0.726. The molecule has 0 atom stereocenters. The molecule has 0 aliphatic rings. The summed E-state index contributed by atoms with van der Waals surface area (Å²) in [5.41, 5.74) is 1.68. The van der Waals surface area contributed by atoms with Crippen LogP contribution in [0, 0.1) is 5.82 Å². The van der Waals surface area contributed by atoms with Gasteiger partial charge in [0.2, 0.25) is 0 Å². The average molecular weight is 191 g/mol. The first-order chi connectivity index (χ1) is 6.81. The molecule has 14 heavy (non-hydrogen) atoms. The van der Waals surface area contributed by atoms with Gasteiger partial charge in [0, 0.05) is 0 Å². The van der Waals surface area contributed by atoms with Crippen molar-refractivity contribution in [1.29, 1.82) is 0 Å². The van der Waals surface area contributed by atoms with Crippen LogP contribution in [0.4, 0.5) is 4.39 Å². The maximum atomic E-state index is 12.9. The summed E-state index contributed by atoms with van der Waals surface area (Å²) in [5.74, 6) is -0.264. The van der Waals surface area contributed by atoms with E-state index in [0.29, 0.717) is 5.69 Å². The maximum absolute atomic E-state index is 12.9. The van der Waals surface area contributed by atoms with Gasteiger partial charge in [-0.1, -0.05) is 18.2 Å². The maximum Gasteiger partial charge on any atom is 0.125 e. The Kier molecular flexibility index (Phi) is 2.26. The van der Waals surface area contributed by atoms with Crippen LogP contribution in [0.15, 0.2) is 30.5 Å². The van der Waals surface area contributed by atoms with Crippen LogP contribution in [0.25, 0.3) is 5.69 Å². The van der Waals surface area contributed by atoms with Gasteiger partial charge in [0.25, 0.3) is 0 Å². The second-order valence-corrected chi connectivity index (χ2v) is 2.97. The molecule has 0 spiro atoms. The van der Waals surface area contributed by atoms with E-state index >= 15 is 0 Å². The molecule has 0 amide bonds. The van der Waals surface area contributed by atoms with Crippen molar-refractivity contribution in [2.24, 2.45) is 0 Å². The highest BCUT2D eigenvalue weighted by Crippen LogP contribution is 2.10. The molecule has 1 aromatic carbocycles. The third-order valence-electron chi connectivity index (χ3n) is 2.03. The van der Waals surface area contributed by atoms with E-state index in [-0.39, 0.29) is 5.82 Å². The minimum absolute atomic E-state index is 0.264. The SMILES string of the molecule is CCc1cnnn1-c1cccc(F)c1. The summed E-state index contributed by atoms with van der Waals surface area (Å²) in [7, 11) is 0. The van der Waals surface area contributed by atoms with Crippen LogP contribution in [-0.2, 0) is 6.42 Å². The van der Waals surface area contributed by atoms with Crippen molar-refractivity contribution in [3.05, 3.63) is 42.0 Å². The smallest absolute Gasteiger partial charge is 0.125 e. The second-order valence-electron chi connectivity index (χ2n) is 2.97. The van der Waals surface area contributed by atoms with Crippen molar-refractivity contribution >= 4 is 0 Å². The number of nitrogens with zero attached hydrogens (tertiary/aromatic N) is 3. The number of hydrogen-bond donors (Lipinski definition) is 0. The first kappa shape index (κ1) is 8.87. The molecule has 0 fully saturated rings. The molecule has 72 valence electrons. The Morgan fingerprint density at radius 1 is 1.43 bits per heavy atom. The molecular formula is C10H10FN3. The zero-order valence-corrected chi connectivity index (χ0v) is 7.81. The highest BCUT2D eigenvalue weighted by atomic mass is 19.1. The van der Waals surface area contributed by atoms with Gasteiger partial charge >= 0.3 is 0 Å². The number of rotatable bonds is 2. The fraction of sp³-hybridized carbons (Fsp3) is 0.200. The van der Waals surface area contributed by atoms with Crippen molar-refractivity contribution in [3.63, 3.8) is 0 Å². The predicted octanol–water partition coefficient (Wildman–Crippen LogP) is 1.97. The highest BCUT2D eigenvalue weighted by molar-refractivity contribution is 5.32.